The van der Waals surface area contributed by atoms with Gasteiger partial charge >= 0.3 is 5.97 Å². The molecular formula is C28H42N2O5. The molecule has 7 nitrogen and oxygen atoms in total. The van der Waals surface area contributed by atoms with Crippen LogP contribution in [0, 0.1) is 11.8 Å². The maximum absolute atomic E-state index is 12.3. The number of nitrogens with one attached hydrogen (secondary N) is 1. The maximum atomic E-state index is 12.3. The Kier molecular flexibility index (Phi) is 14.3. The van der Waals surface area contributed by atoms with Crippen molar-refractivity contribution in [3.63, 3.8) is 0 Å². The number of nitrogens with zero attached hydrogens (tertiary/aromatic N) is 1. The van der Waals surface area contributed by atoms with E-state index in [0.717, 1.165) is 5.57 Å². The predicted octanol–water partition coefficient (Wildman–Crippen LogP) is 4.46. The second kappa shape index (κ2) is 16.7. The van der Waals surface area contributed by atoms with Gasteiger partial charge in [-0.3, -0.25) is 9.79 Å². The summed E-state index contributed by atoms with van der Waals surface area (Å²) in [5.41, 5.74) is 1.01. The summed E-state index contributed by atoms with van der Waals surface area (Å²) in [6.45, 7) is 12.2. The lowest BCUT2D eigenvalue weighted by Gasteiger charge is -2.25. The third-order valence-electron chi connectivity index (χ3n) is 5.68. The van der Waals surface area contributed by atoms with Crippen molar-refractivity contribution in [1.29, 1.82) is 0 Å². The normalized spacial score (nSPS) is 19.6. The third-order valence-corrected chi connectivity index (χ3v) is 5.68. The molecule has 0 aromatic rings. The molecule has 0 aromatic heterocycles. The average Bonchev–Trinajstić information content (AvgIpc) is 2.80. The zero-order chi connectivity index (χ0) is 26.2. The van der Waals surface area contributed by atoms with E-state index < -0.39 is 5.97 Å². The van der Waals surface area contributed by atoms with E-state index in [2.05, 4.69) is 16.9 Å². The number of esters is 1. The van der Waals surface area contributed by atoms with Crippen LogP contribution in [-0.4, -0.2) is 55.1 Å². The number of hydrogen-bond acceptors (Lipinski definition) is 6. The van der Waals surface area contributed by atoms with Gasteiger partial charge in [-0.25, -0.2) is 4.79 Å². The SMILES string of the molecule is C=CCC(O)CCC=NCC(NC(=O)C=CC=CC(C)=CC(C)C1CC=C(OC)C(=O)O1)C(C)C. The van der Waals surface area contributed by atoms with Crippen LogP contribution in [0.2, 0.25) is 0 Å². The number of aliphatic imine (C=N–C) groups is 1. The van der Waals surface area contributed by atoms with Crippen LogP contribution in [0.4, 0.5) is 0 Å². The molecule has 0 aromatic carbocycles. The van der Waals surface area contributed by atoms with Gasteiger partial charge in [0.15, 0.2) is 5.76 Å². The molecule has 0 radical (unpaired) electrons. The quantitative estimate of drug-likeness (QED) is 0.117. The Bertz CT molecular complexity index is 838. The largest absolute Gasteiger partial charge is 0.490 e. The number of hydrogen-bond donors (Lipinski definition) is 2. The highest BCUT2D eigenvalue weighted by atomic mass is 16.6. The van der Waals surface area contributed by atoms with Gasteiger partial charge in [0.05, 0.1) is 25.8 Å². The molecule has 0 saturated carbocycles. The van der Waals surface area contributed by atoms with E-state index in [1.165, 1.54) is 13.2 Å². The van der Waals surface area contributed by atoms with E-state index in [4.69, 9.17) is 9.47 Å². The van der Waals surface area contributed by atoms with Gasteiger partial charge in [-0.2, -0.15) is 0 Å². The summed E-state index contributed by atoms with van der Waals surface area (Å²) in [5, 5.41) is 12.7. The van der Waals surface area contributed by atoms with Gasteiger partial charge in [-0.05, 0) is 44.4 Å². The highest BCUT2D eigenvalue weighted by molar-refractivity contribution is 5.88. The topological polar surface area (TPSA) is 97.2 Å². The van der Waals surface area contributed by atoms with E-state index in [1.54, 1.807) is 18.2 Å². The first-order valence-electron chi connectivity index (χ1n) is 12.2. The van der Waals surface area contributed by atoms with Crippen molar-refractivity contribution in [2.75, 3.05) is 13.7 Å². The Hall–Kier alpha value is -2.93. The Morgan fingerprint density at radius 1 is 1.34 bits per heavy atom. The molecule has 0 spiro atoms. The molecule has 4 atom stereocenters. The monoisotopic (exact) mass is 486 g/mol. The van der Waals surface area contributed by atoms with Crippen molar-refractivity contribution in [3.8, 4) is 0 Å². The first kappa shape index (κ1) is 30.1. The van der Waals surface area contributed by atoms with Crippen molar-refractivity contribution >= 4 is 18.1 Å². The van der Waals surface area contributed by atoms with Crippen LogP contribution < -0.4 is 5.32 Å². The fourth-order valence-corrected chi connectivity index (χ4v) is 3.48. The van der Waals surface area contributed by atoms with Gasteiger partial charge in [0.2, 0.25) is 5.91 Å². The average molecular weight is 487 g/mol. The van der Waals surface area contributed by atoms with Crippen LogP contribution in [0.25, 0.3) is 0 Å². The van der Waals surface area contributed by atoms with Gasteiger partial charge in [-0.15, -0.1) is 6.58 Å². The summed E-state index contributed by atoms with van der Waals surface area (Å²) in [7, 11) is 1.46. The molecule has 1 aliphatic heterocycles. The van der Waals surface area contributed by atoms with Crippen LogP contribution in [0.15, 0.2) is 65.4 Å². The van der Waals surface area contributed by atoms with Crippen LogP contribution in [0.1, 0.15) is 53.4 Å². The number of methoxy groups -OCH3 is 1. The summed E-state index contributed by atoms with van der Waals surface area (Å²) >= 11 is 0. The van der Waals surface area contributed by atoms with Gasteiger partial charge in [0.25, 0.3) is 0 Å². The lowest BCUT2D eigenvalue weighted by Crippen LogP contribution is -2.39. The highest BCUT2D eigenvalue weighted by Gasteiger charge is 2.26. The zero-order valence-corrected chi connectivity index (χ0v) is 21.8. The van der Waals surface area contributed by atoms with E-state index in [9.17, 15) is 14.7 Å². The van der Waals surface area contributed by atoms with Gasteiger partial charge < -0.3 is 19.9 Å². The van der Waals surface area contributed by atoms with Crippen molar-refractivity contribution in [2.45, 2.75) is 71.6 Å². The lowest BCUT2D eigenvalue weighted by molar-refractivity contribution is -0.151. The number of amides is 1. The van der Waals surface area contributed by atoms with Crippen LogP contribution in [-0.2, 0) is 19.1 Å². The number of ether oxygens (including phenoxy) is 2. The molecule has 1 aliphatic rings. The molecular weight excluding hydrogens is 444 g/mol. The minimum absolute atomic E-state index is 0.0446. The molecule has 194 valence electrons. The van der Waals surface area contributed by atoms with E-state index >= 15 is 0 Å². The maximum Gasteiger partial charge on any atom is 0.373 e. The molecule has 0 bridgehead atoms. The van der Waals surface area contributed by atoms with Crippen molar-refractivity contribution in [2.24, 2.45) is 16.8 Å². The van der Waals surface area contributed by atoms with E-state index in [1.807, 2.05) is 52.1 Å². The Balaban J connectivity index is 2.50. The third kappa shape index (κ3) is 12.4. The summed E-state index contributed by atoms with van der Waals surface area (Å²) in [6, 6.07) is -0.0705. The van der Waals surface area contributed by atoms with Crippen LogP contribution in [0.3, 0.4) is 0 Å². The first-order chi connectivity index (χ1) is 16.7. The number of cyclic esters (lactones) is 1. The number of rotatable bonds is 15. The lowest BCUT2D eigenvalue weighted by atomic mass is 9.97. The standard InChI is InChI=1S/C28H42N2O5/c1-7-11-23(31)13-10-17-29-19-24(20(2)3)30-27(32)14-9-8-12-21(4)18-22(5)25-15-16-26(34-6)28(33)35-25/h7-9,12,14,16-18,20,22-25,31H,1,10-11,13,15,19H2,2-6H3,(H,30,32). The molecule has 1 heterocycles. The molecule has 35 heavy (non-hydrogen) atoms. The Labute approximate surface area is 210 Å². The molecule has 1 rings (SSSR count). The molecule has 4 unspecified atom stereocenters. The molecule has 1 amide bonds. The van der Waals surface area contributed by atoms with Gasteiger partial charge in [0.1, 0.15) is 6.10 Å². The Morgan fingerprint density at radius 2 is 2.06 bits per heavy atom. The number of carbonyl (C=O) groups is 2. The first-order valence-corrected chi connectivity index (χ1v) is 12.2. The number of carbonyl (C=O) groups excluding carboxylic acids is 2. The van der Waals surface area contributed by atoms with Crippen molar-refractivity contribution < 1.29 is 24.2 Å². The summed E-state index contributed by atoms with van der Waals surface area (Å²) < 4.78 is 10.4. The minimum atomic E-state index is -0.432. The smallest absolute Gasteiger partial charge is 0.373 e. The molecule has 7 heteroatoms. The van der Waals surface area contributed by atoms with Crippen molar-refractivity contribution in [1.82, 2.24) is 5.32 Å². The molecule has 0 aliphatic carbocycles. The predicted molar refractivity (Wildman–Crippen MR) is 141 cm³/mol. The molecule has 0 fully saturated rings. The fraction of sp³-hybridized carbons (Fsp3) is 0.536. The van der Waals surface area contributed by atoms with Crippen molar-refractivity contribution in [3.05, 3.63) is 60.4 Å². The second-order valence-corrected chi connectivity index (χ2v) is 9.10. The summed E-state index contributed by atoms with van der Waals surface area (Å²) in [5.74, 6) is -0.0679. The fourth-order valence-electron chi connectivity index (χ4n) is 3.48. The number of aliphatic hydroxyl groups excluding tert-OH is 1. The van der Waals surface area contributed by atoms with E-state index in [0.29, 0.717) is 32.2 Å². The number of aliphatic hydroxyl groups is 1. The zero-order valence-electron chi connectivity index (χ0n) is 21.8. The second-order valence-electron chi connectivity index (χ2n) is 9.10. The molecule has 2 N–H and O–H groups in total. The van der Waals surface area contributed by atoms with Crippen LogP contribution >= 0.6 is 0 Å². The molecule has 0 saturated heterocycles. The van der Waals surface area contributed by atoms with Gasteiger partial charge in [0, 0.05) is 18.4 Å². The highest BCUT2D eigenvalue weighted by Crippen LogP contribution is 2.22. The van der Waals surface area contributed by atoms with Gasteiger partial charge in [-0.1, -0.05) is 56.7 Å². The summed E-state index contributed by atoms with van der Waals surface area (Å²) in [6.07, 6.45) is 16.2. The van der Waals surface area contributed by atoms with E-state index in [-0.39, 0.29) is 41.8 Å². The van der Waals surface area contributed by atoms with Crippen LogP contribution in [0.5, 0.6) is 0 Å². The Morgan fingerprint density at radius 3 is 2.69 bits per heavy atom. The number of allylic oxidation sites excluding steroid dienone is 4. The minimum Gasteiger partial charge on any atom is -0.490 e. The summed E-state index contributed by atoms with van der Waals surface area (Å²) in [4.78, 5) is 28.6.